The molecule has 2 N–H and O–H groups in total. The van der Waals surface area contributed by atoms with E-state index in [9.17, 15) is 0 Å². The summed E-state index contributed by atoms with van der Waals surface area (Å²) >= 11 is 3.40. The van der Waals surface area contributed by atoms with Crippen molar-refractivity contribution >= 4 is 28.3 Å². The van der Waals surface area contributed by atoms with Gasteiger partial charge in [-0.15, -0.1) is 0 Å². The molecule has 2 rings (SSSR count). The average Bonchev–Trinajstić information content (AvgIpc) is 2.63. The van der Waals surface area contributed by atoms with Crippen molar-refractivity contribution in [2.75, 3.05) is 5.75 Å². The number of hydrogen-bond acceptors (Lipinski definition) is 4. The second kappa shape index (κ2) is 3.49. The van der Waals surface area contributed by atoms with Gasteiger partial charge in [0, 0.05) is 5.75 Å². The Balaban J connectivity index is 1.97. The summed E-state index contributed by atoms with van der Waals surface area (Å²) in [5, 5.41) is 5.02. The number of thioether (sulfide) groups is 1. The number of amidine groups is 1. The van der Waals surface area contributed by atoms with Gasteiger partial charge in [-0.1, -0.05) is 11.8 Å². The third-order valence-electron chi connectivity index (χ3n) is 1.78. The van der Waals surface area contributed by atoms with Crippen molar-refractivity contribution in [3.63, 3.8) is 0 Å². The van der Waals surface area contributed by atoms with Gasteiger partial charge in [0.2, 0.25) is 0 Å². The normalized spacial score (nSPS) is 22.7. The molecule has 4 heteroatoms. The van der Waals surface area contributed by atoms with Gasteiger partial charge in [-0.3, -0.25) is 4.99 Å². The molecule has 0 fully saturated rings. The lowest BCUT2D eigenvalue weighted by Gasteiger charge is -2.01. The molecule has 2 heterocycles. The van der Waals surface area contributed by atoms with Crippen LogP contribution in [0.15, 0.2) is 21.8 Å². The van der Waals surface area contributed by atoms with Crippen molar-refractivity contribution in [3.05, 3.63) is 22.4 Å². The fourth-order valence-corrected chi connectivity index (χ4v) is 2.68. The van der Waals surface area contributed by atoms with Crippen LogP contribution in [0, 0.1) is 0 Å². The standard InChI is InChI=1S/C8H10N2S2/c9-8-10-7(5-12-8)3-6-1-2-11-4-6/h1-2,4,7H,3,5H2,(H2,9,10)/t7-/m1/s1. The summed E-state index contributed by atoms with van der Waals surface area (Å²) in [6.07, 6.45) is 1.04. The van der Waals surface area contributed by atoms with Crippen molar-refractivity contribution in [1.29, 1.82) is 0 Å². The molecule has 1 aliphatic heterocycles. The summed E-state index contributed by atoms with van der Waals surface area (Å²) < 4.78 is 0. The van der Waals surface area contributed by atoms with E-state index in [1.165, 1.54) is 5.56 Å². The van der Waals surface area contributed by atoms with Crippen molar-refractivity contribution < 1.29 is 0 Å². The van der Waals surface area contributed by atoms with Crippen molar-refractivity contribution in [2.45, 2.75) is 12.5 Å². The van der Waals surface area contributed by atoms with E-state index in [-0.39, 0.29) is 0 Å². The molecular weight excluding hydrogens is 188 g/mol. The lowest BCUT2D eigenvalue weighted by Crippen LogP contribution is -2.07. The van der Waals surface area contributed by atoms with Crippen LogP contribution in [-0.2, 0) is 6.42 Å². The maximum Gasteiger partial charge on any atom is 0.154 e. The van der Waals surface area contributed by atoms with Crippen LogP contribution in [0.4, 0.5) is 0 Å². The molecule has 1 atom stereocenters. The summed E-state index contributed by atoms with van der Waals surface area (Å²) in [4.78, 5) is 4.33. The van der Waals surface area contributed by atoms with Crippen LogP contribution >= 0.6 is 23.1 Å². The smallest absolute Gasteiger partial charge is 0.154 e. The molecule has 0 saturated carbocycles. The molecule has 1 aromatic rings. The molecule has 1 aliphatic rings. The predicted molar refractivity (Wildman–Crippen MR) is 55.9 cm³/mol. The van der Waals surface area contributed by atoms with E-state index in [1.54, 1.807) is 23.1 Å². The third-order valence-corrected chi connectivity index (χ3v) is 3.47. The van der Waals surface area contributed by atoms with E-state index >= 15 is 0 Å². The first-order chi connectivity index (χ1) is 5.84. The molecule has 0 saturated heterocycles. The van der Waals surface area contributed by atoms with Crippen LogP contribution in [0.25, 0.3) is 0 Å². The highest BCUT2D eigenvalue weighted by Crippen LogP contribution is 2.19. The Hall–Kier alpha value is -0.480. The molecule has 64 valence electrons. The highest BCUT2D eigenvalue weighted by Gasteiger charge is 2.16. The Morgan fingerprint density at radius 2 is 2.58 bits per heavy atom. The fourth-order valence-electron chi connectivity index (χ4n) is 1.22. The minimum Gasteiger partial charge on any atom is -0.379 e. The van der Waals surface area contributed by atoms with Gasteiger partial charge < -0.3 is 5.73 Å². The van der Waals surface area contributed by atoms with Crippen LogP contribution < -0.4 is 5.73 Å². The summed E-state index contributed by atoms with van der Waals surface area (Å²) in [6.45, 7) is 0. The first kappa shape index (κ1) is 8.13. The van der Waals surface area contributed by atoms with Crippen LogP contribution in [-0.4, -0.2) is 17.0 Å². The number of rotatable bonds is 2. The van der Waals surface area contributed by atoms with Gasteiger partial charge in [-0.05, 0) is 28.8 Å². The largest absolute Gasteiger partial charge is 0.379 e. The quantitative estimate of drug-likeness (QED) is 0.786. The molecule has 0 unspecified atom stereocenters. The van der Waals surface area contributed by atoms with Gasteiger partial charge in [0.15, 0.2) is 5.17 Å². The zero-order chi connectivity index (χ0) is 8.39. The second-order valence-electron chi connectivity index (χ2n) is 2.77. The Morgan fingerprint density at radius 3 is 3.17 bits per heavy atom. The van der Waals surface area contributed by atoms with Crippen molar-refractivity contribution in [2.24, 2.45) is 10.7 Å². The average molecular weight is 198 g/mol. The van der Waals surface area contributed by atoms with Crippen LogP contribution in [0.2, 0.25) is 0 Å². The minimum atomic E-state index is 0.407. The van der Waals surface area contributed by atoms with Crippen LogP contribution in [0.3, 0.4) is 0 Å². The minimum absolute atomic E-state index is 0.407. The van der Waals surface area contributed by atoms with E-state index in [2.05, 4.69) is 21.8 Å². The van der Waals surface area contributed by atoms with Crippen LogP contribution in [0.5, 0.6) is 0 Å². The predicted octanol–water partition coefficient (Wildman–Crippen LogP) is 1.72. The Kier molecular flexibility index (Phi) is 2.37. The summed E-state index contributed by atoms with van der Waals surface area (Å²) in [5.74, 6) is 1.04. The Labute approximate surface area is 79.9 Å². The van der Waals surface area contributed by atoms with E-state index in [0.717, 1.165) is 17.3 Å². The van der Waals surface area contributed by atoms with E-state index in [0.29, 0.717) is 6.04 Å². The Bertz CT molecular complexity index is 279. The molecule has 0 aliphatic carbocycles. The fraction of sp³-hybridized carbons (Fsp3) is 0.375. The van der Waals surface area contributed by atoms with Gasteiger partial charge in [0.05, 0.1) is 6.04 Å². The molecule has 0 amide bonds. The monoisotopic (exact) mass is 198 g/mol. The molecule has 0 radical (unpaired) electrons. The topological polar surface area (TPSA) is 38.4 Å². The lowest BCUT2D eigenvalue weighted by atomic mass is 10.1. The number of nitrogens with two attached hydrogens (primary N) is 1. The number of aliphatic imine (C=N–C) groups is 1. The van der Waals surface area contributed by atoms with Gasteiger partial charge in [-0.2, -0.15) is 11.3 Å². The highest BCUT2D eigenvalue weighted by molar-refractivity contribution is 8.14. The summed E-state index contributed by atoms with van der Waals surface area (Å²) in [7, 11) is 0. The molecule has 2 nitrogen and oxygen atoms in total. The van der Waals surface area contributed by atoms with Gasteiger partial charge >= 0.3 is 0 Å². The molecule has 0 aromatic carbocycles. The first-order valence-corrected chi connectivity index (χ1v) is 5.74. The molecular formula is C8H10N2S2. The Morgan fingerprint density at radius 1 is 1.67 bits per heavy atom. The zero-order valence-corrected chi connectivity index (χ0v) is 8.20. The molecule has 12 heavy (non-hydrogen) atoms. The van der Waals surface area contributed by atoms with Gasteiger partial charge in [0.25, 0.3) is 0 Å². The molecule has 1 aromatic heterocycles. The number of hydrogen-bond donors (Lipinski definition) is 1. The zero-order valence-electron chi connectivity index (χ0n) is 6.56. The van der Waals surface area contributed by atoms with E-state index in [4.69, 9.17) is 5.73 Å². The highest BCUT2D eigenvalue weighted by atomic mass is 32.2. The maximum atomic E-state index is 5.57. The lowest BCUT2D eigenvalue weighted by molar-refractivity contribution is 0.764. The SMILES string of the molecule is NC1=N[C@H](Cc2ccsc2)CS1. The summed E-state index contributed by atoms with van der Waals surface area (Å²) in [5.41, 5.74) is 6.95. The number of nitrogens with zero attached hydrogens (tertiary/aromatic N) is 1. The third kappa shape index (κ3) is 1.81. The van der Waals surface area contributed by atoms with Crippen molar-refractivity contribution in [1.82, 2.24) is 0 Å². The van der Waals surface area contributed by atoms with E-state index in [1.807, 2.05) is 0 Å². The van der Waals surface area contributed by atoms with Gasteiger partial charge in [-0.25, -0.2) is 0 Å². The maximum absolute atomic E-state index is 5.57. The number of thiophene rings is 1. The molecule has 0 spiro atoms. The second-order valence-corrected chi connectivity index (χ2v) is 4.59. The van der Waals surface area contributed by atoms with Crippen LogP contribution in [0.1, 0.15) is 5.56 Å². The van der Waals surface area contributed by atoms with E-state index < -0.39 is 0 Å². The first-order valence-electron chi connectivity index (χ1n) is 3.82. The van der Waals surface area contributed by atoms with Crippen molar-refractivity contribution in [3.8, 4) is 0 Å². The summed E-state index contributed by atoms with van der Waals surface area (Å²) in [6, 6.07) is 2.56. The van der Waals surface area contributed by atoms with Gasteiger partial charge in [0.1, 0.15) is 0 Å². The molecule has 0 bridgehead atoms.